The largest absolute Gasteiger partial charge is 0.462 e. The predicted octanol–water partition coefficient (Wildman–Crippen LogP) is 11.3. The lowest BCUT2D eigenvalue weighted by molar-refractivity contribution is -0.161. The van der Waals surface area contributed by atoms with Gasteiger partial charge in [0.1, 0.15) is 6.61 Å². The second-order valence-electron chi connectivity index (χ2n) is 13.7. The first kappa shape index (κ1) is 41.9. The third-order valence-electron chi connectivity index (χ3n) is 8.87. The number of aliphatic hydroxyl groups excluding tert-OH is 1. The first-order chi connectivity index (χ1) is 20.9. The molecule has 5 heteroatoms. The Hall–Kier alpha value is -1.10. The van der Waals surface area contributed by atoms with E-state index < -0.39 is 6.10 Å². The molecule has 2 atom stereocenters. The summed E-state index contributed by atoms with van der Waals surface area (Å²) in [6.07, 6.45) is 31.7. The molecule has 0 aromatic heterocycles. The Morgan fingerprint density at radius 1 is 0.535 bits per heavy atom. The summed E-state index contributed by atoms with van der Waals surface area (Å²) in [5.74, 6) is 1.10. The van der Waals surface area contributed by atoms with Crippen molar-refractivity contribution in [2.75, 3.05) is 13.2 Å². The summed E-state index contributed by atoms with van der Waals surface area (Å²) in [6.45, 7) is 8.82. The van der Waals surface area contributed by atoms with Crippen LogP contribution < -0.4 is 0 Å². The van der Waals surface area contributed by atoms with E-state index in [1.165, 1.54) is 128 Å². The van der Waals surface area contributed by atoms with E-state index in [0.717, 1.165) is 43.9 Å². The lowest BCUT2D eigenvalue weighted by atomic mass is 10.00. The predicted molar refractivity (Wildman–Crippen MR) is 182 cm³/mol. The number of carbonyl (C=O) groups excluding carboxylic acids is 2. The van der Waals surface area contributed by atoms with Crippen LogP contribution in [0.4, 0.5) is 0 Å². The van der Waals surface area contributed by atoms with Gasteiger partial charge in [0, 0.05) is 12.8 Å². The molecular weight excluding hydrogens is 536 g/mol. The Morgan fingerprint density at radius 3 is 1.30 bits per heavy atom. The minimum Gasteiger partial charge on any atom is -0.462 e. The lowest BCUT2D eigenvalue weighted by Crippen LogP contribution is -2.28. The fraction of sp³-hybridized carbons (Fsp3) is 0.947. The van der Waals surface area contributed by atoms with Crippen molar-refractivity contribution in [1.29, 1.82) is 0 Å². The molecular formula is C38H74O5. The lowest BCUT2D eigenvalue weighted by Gasteiger charge is -2.15. The molecule has 0 aliphatic rings. The van der Waals surface area contributed by atoms with Crippen molar-refractivity contribution in [2.24, 2.45) is 11.8 Å². The van der Waals surface area contributed by atoms with E-state index in [-0.39, 0.29) is 25.2 Å². The second kappa shape index (κ2) is 32.3. The number of rotatable bonds is 33. The smallest absolute Gasteiger partial charge is 0.306 e. The zero-order valence-corrected chi connectivity index (χ0v) is 29.3. The van der Waals surface area contributed by atoms with Crippen LogP contribution >= 0.6 is 0 Å². The zero-order chi connectivity index (χ0) is 31.8. The van der Waals surface area contributed by atoms with E-state index in [2.05, 4.69) is 27.7 Å². The molecule has 0 aromatic carbocycles. The Kier molecular flexibility index (Phi) is 31.5. The van der Waals surface area contributed by atoms with Crippen molar-refractivity contribution in [3.05, 3.63) is 0 Å². The third-order valence-corrected chi connectivity index (χ3v) is 8.87. The van der Waals surface area contributed by atoms with Gasteiger partial charge in [-0.1, -0.05) is 175 Å². The van der Waals surface area contributed by atoms with Gasteiger partial charge in [-0.05, 0) is 24.7 Å². The average molecular weight is 611 g/mol. The molecule has 0 spiro atoms. The molecule has 0 radical (unpaired) electrons. The van der Waals surface area contributed by atoms with Crippen LogP contribution in [0.1, 0.15) is 201 Å². The highest BCUT2D eigenvalue weighted by atomic mass is 16.6. The molecule has 0 saturated carbocycles. The number of esters is 2. The SMILES string of the molecule is CCC(C)CCCCCCCCC(=O)O[C@@H](CO)COC(=O)CCCCCCCCCCCCCCCCCCC(C)C. The van der Waals surface area contributed by atoms with Crippen LogP contribution in [0.2, 0.25) is 0 Å². The number of carbonyl (C=O) groups is 2. The minimum absolute atomic E-state index is 0.0598. The van der Waals surface area contributed by atoms with Gasteiger partial charge < -0.3 is 14.6 Å². The zero-order valence-electron chi connectivity index (χ0n) is 29.3. The van der Waals surface area contributed by atoms with Crippen LogP contribution in [0.5, 0.6) is 0 Å². The molecule has 43 heavy (non-hydrogen) atoms. The quantitative estimate of drug-likeness (QED) is 0.0591. The first-order valence-corrected chi connectivity index (χ1v) is 18.8. The van der Waals surface area contributed by atoms with Crippen LogP contribution in [0.25, 0.3) is 0 Å². The molecule has 0 heterocycles. The topological polar surface area (TPSA) is 72.8 Å². The maximum Gasteiger partial charge on any atom is 0.306 e. The summed E-state index contributed by atoms with van der Waals surface area (Å²) in [5, 5.41) is 9.51. The molecule has 5 nitrogen and oxygen atoms in total. The van der Waals surface area contributed by atoms with Crippen LogP contribution in [-0.4, -0.2) is 36.4 Å². The van der Waals surface area contributed by atoms with Gasteiger partial charge in [-0.15, -0.1) is 0 Å². The normalized spacial score (nSPS) is 12.9. The number of aliphatic hydroxyl groups is 1. The maximum absolute atomic E-state index is 12.1. The molecule has 0 rings (SSSR count). The van der Waals surface area contributed by atoms with Gasteiger partial charge >= 0.3 is 11.9 Å². The fourth-order valence-electron chi connectivity index (χ4n) is 5.60. The van der Waals surface area contributed by atoms with Crippen LogP contribution in [0, 0.1) is 11.8 Å². The monoisotopic (exact) mass is 611 g/mol. The first-order valence-electron chi connectivity index (χ1n) is 18.8. The minimum atomic E-state index is -0.763. The van der Waals surface area contributed by atoms with Crippen molar-refractivity contribution >= 4 is 11.9 Å². The summed E-state index contributed by atoms with van der Waals surface area (Å²) in [6, 6.07) is 0. The van der Waals surface area contributed by atoms with E-state index in [0.29, 0.717) is 12.8 Å². The van der Waals surface area contributed by atoms with Crippen molar-refractivity contribution in [1.82, 2.24) is 0 Å². The van der Waals surface area contributed by atoms with E-state index in [4.69, 9.17) is 9.47 Å². The Bertz CT molecular complexity index is 605. The molecule has 0 amide bonds. The molecule has 256 valence electrons. The Morgan fingerprint density at radius 2 is 0.907 bits per heavy atom. The van der Waals surface area contributed by atoms with Crippen LogP contribution in [0.3, 0.4) is 0 Å². The number of ether oxygens (including phenoxy) is 2. The summed E-state index contributed by atoms with van der Waals surface area (Å²) in [5.41, 5.74) is 0. The molecule has 0 saturated heterocycles. The van der Waals surface area contributed by atoms with Gasteiger partial charge in [0.25, 0.3) is 0 Å². The van der Waals surface area contributed by atoms with Gasteiger partial charge in [-0.2, -0.15) is 0 Å². The molecule has 0 aromatic rings. The van der Waals surface area contributed by atoms with Gasteiger partial charge in [-0.25, -0.2) is 0 Å². The Labute approximate surface area is 268 Å². The van der Waals surface area contributed by atoms with Gasteiger partial charge in [-0.3, -0.25) is 9.59 Å². The van der Waals surface area contributed by atoms with Crippen LogP contribution in [-0.2, 0) is 19.1 Å². The number of hydrogen-bond donors (Lipinski definition) is 1. The standard InChI is InChI=1S/C38H74O5/c1-5-35(4)29-25-21-18-19-23-27-31-38(41)43-36(32-39)33-42-37(40)30-26-22-17-15-13-11-9-7-6-8-10-12-14-16-20-24-28-34(2)3/h34-36,39H,5-33H2,1-4H3/t35?,36-/m0/s1. The molecule has 0 fully saturated rings. The molecule has 1 N–H and O–H groups in total. The summed E-state index contributed by atoms with van der Waals surface area (Å²) < 4.78 is 10.6. The van der Waals surface area contributed by atoms with E-state index >= 15 is 0 Å². The van der Waals surface area contributed by atoms with E-state index in [9.17, 15) is 14.7 Å². The highest BCUT2D eigenvalue weighted by molar-refractivity contribution is 5.70. The van der Waals surface area contributed by atoms with Crippen molar-refractivity contribution < 1.29 is 24.2 Å². The molecule has 0 bridgehead atoms. The van der Waals surface area contributed by atoms with Gasteiger partial charge in [0.15, 0.2) is 6.10 Å². The van der Waals surface area contributed by atoms with Crippen LogP contribution in [0.15, 0.2) is 0 Å². The van der Waals surface area contributed by atoms with E-state index in [1.54, 1.807) is 0 Å². The summed E-state index contributed by atoms with van der Waals surface area (Å²) >= 11 is 0. The molecule has 0 aliphatic carbocycles. The second-order valence-corrected chi connectivity index (χ2v) is 13.7. The number of unbranched alkanes of at least 4 members (excludes halogenated alkanes) is 20. The van der Waals surface area contributed by atoms with Gasteiger partial charge in [0.2, 0.25) is 0 Å². The van der Waals surface area contributed by atoms with Crippen molar-refractivity contribution in [2.45, 2.75) is 207 Å². The maximum atomic E-state index is 12.1. The fourth-order valence-corrected chi connectivity index (χ4v) is 5.60. The summed E-state index contributed by atoms with van der Waals surface area (Å²) in [4.78, 5) is 24.1. The third kappa shape index (κ3) is 32.1. The van der Waals surface area contributed by atoms with E-state index in [1.807, 2.05) is 0 Å². The number of hydrogen-bond acceptors (Lipinski definition) is 5. The summed E-state index contributed by atoms with van der Waals surface area (Å²) in [7, 11) is 0. The molecule has 1 unspecified atom stereocenters. The van der Waals surface area contributed by atoms with Crippen molar-refractivity contribution in [3.63, 3.8) is 0 Å². The van der Waals surface area contributed by atoms with Crippen molar-refractivity contribution in [3.8, 4) is 0 Å². The highest BCUT2D eigenvalue weighted by Crippen LogP contribution is 2.16. The molecule has 0 aliphatic heterocycles. The highest BCUT2D eigenvalue weighted by Gasteiger charge is 2.16. The Balaban J connectivity index is 3.49. The van der Waals surface area contributed by atoms with Gasteiger partial charge in [0.05, 0.1) is 6.61 Å². The average Bonchev–Trinajstić information content (AvgIpc) is 2.99.